The van der Waals surface area contributed by atoms with E-state index in [0.717, 1.165) is 13.8 Å². The third kappa shape index (κ3) is 5.37. The molecule has 0 aliphatic heterocycles. The van der Waals surface area contributed by atoms with Crippen molar-refractivity contribution in [3.63, 3.8) is 0 Å². The molecule has 20 heteroatoms. The summed E-state index contributed by atoms with van der Waals surface area (Å²) in [4.78, 5) is 10.8. The van der Waals surface area contributed by atoms with Crippen LogP contribution >= 0.6 is 0 Å². The van der Waals surface area contributed by atoms with Gasteiger partial charge in [-0.15, -0.1) is 0 Å². The zero-order valence-electron chi connectivity index (χ0n) is 17.9. The van der Waals surface area contributed by atoms with Crippen LogP contribution in [-0.4, -0.2) is 65.3 Å². The van der Waals surface area contributed by atoms with Gasteiger partial charge in [0.15, 0.2) is 0 Å². The SMILES string of the molecule is [CH2]C(C)C(OCCC(F)(F)C(F)(F)C(F)(F)C(F)(F)C(F)(F)C(F)(F)C(F)(F)C(F)(F)F)=C(C)C(=O)O. The minimum atomic E-state index is -8.70. The minimum Gasteiger partial charge on any atom is -0.497 e. The molecule has 0 saturated heterocycles. The molecule has 3 nitrogen and oxygen atoms in total. The maximum atomic E-state index is 13.8. The van der Waals surface area contributed by atoms with E-state index < -0.39 is 83.9 Å². The first-order valence-electron chi connectivity index (χ1n) is 9.01. The lowest BCUT2D eigenvalue weighted by atomic mass is 9.88. The molecule has 1 N–H and O–H groups in total. The third-order valence-electron chi connectivity index (χ3n) is 4.60. The molecule has 0 saturated carbocycles. The highest BCUT2D eigenvalue weighted by Gasteiger charge is 2.95. The first-order chi connectivity index (χ1) is 15.9. The van der Waals surface area contributed by atoms with E-state index in [2.05, 4.69) is 11.7 Å². The van der Waals surface area contributed by atoms with Crippen molar-refractivity contribution in [2.45, 2.75) is 67.9 Å². The zero-order valence-corrected chi connectivity index (χ0v) is 17.9. The van der Waals surface area contributed by atoms with Gasteiger partial charge in [0.1, 0.15) is 5.76 Å². The molecule has 1 unspecified atom stereocenters. The molecular weight excluding hydrogens is 575 g/mol. The predicted octanol–water partition coefficient (Wildman–Crippen LogP) is 7.23. The van der Waals surface area contributed by atoms with Crippen LogP contribution in [0, 0.1) is 12.8 Å². The fourth-order valence-corrected chi connectivity index (χ4v) is 2.37. The Hall–Kier alpha value is -2.18. The summed E-state index contributed by atoms with van der Waals surface area (Å²) in [7, 11) is 0. The fraction of sp³-hybridized carbons (Fsp3) is 0.765. The number of carbonyl (C=O) groups is 1. The van der Waals surface area contributed by atoms with E-state index in [1.54, 1.807) is 0 Å². The number of halogens is 17. The van der Waals surface area contributed by atoms with Crippen LogP contribution in [0.1, 0.15) is 20.3 Å². The lowest BCUT2D eigenvalue weighted by Crippen LogP contribution is -2.74. The van der Waals surface area contributed by atoms with Gasteiger partial charge in [-0.05, 0) is 13.8 Å². The maximum absolute atomic E-state index is 13.8. The molecule has 0 aliphatic carbocycles. The number of ether oxygens (including phenoxy) is 1. The smallest absolute Gasteiger partial charge is 0.460 e. The zero-order chi connectivity index (χ0) is 30.4. The Labute approximate surface area is 195 Å². The van der Waals surface area contributed by atoms with Crippen LogP contribution in [0.25, 0.3) is 0 Å². The Bertz CT molecular complexity index is 871. The molecule has 0 aromatic carbocycles. The second-order valence-corrected chi connectivity index (χ2v) is 7.44. The fourth-order valence-electron chi connectivity index (χ4n) is 2.37. The van der Waals surface area contributed by atoms with Gasteiger partial charge in [-0.3, -0.25) is 0 Å². The number of alkyl halides is 17. The molecule has 219 valence electrons. The van der Waals surface area contributed by atoms with Crippen LogP contribution in [0.15, 0.2) is 11.3 Å². The van der Waals surface area contributed by atoms with Gasteiger partial charge in [0, 0.05) is 5.92 Å². The Morgan fingerprint density at radius 1 is 0.703 bits per heavy atom. The molecule has 1 radical (unpaired) electrons. The highest BCUT2D eigenvalue weighted by molar-refractivity contribution is 5.86. The van der Waals surface area contributed by atoms with E-state index in [1.807, 2.05) is 0 Å². The topological polar surface area (TPSA) is 46.5 Å². The minimum absolute atomic E-state index is 0.750. The van der Waals surface area contributed by atoms with Gasteiger partial charge in [-0.2, -0.15) is 74.6 Å². The van der Waals surface area contributed by atoms with E-state index in [1.165, 1.54) is 0 Å². The van der Waals surface area contributed by atoms with E-state index in [4.69, 9.17) is 5.11 Å². The lowest BCUT2D eigenvalue weighted by Gasteiger charge is -2.42. The molecule has 37 heavy (non-hydrogen) atoms. The van der Waals surface area contributed by atoms with Gasteiger partial charge in [0.25, 0.3) is 0 Å². The Morgan fingerprint density at radius 3 is 1.32 bits per heavy atom. The summed E-state index contributed by atoms with van der Waals surface area (Å²) in [6, 6.07) is 0. The second kappa shape index (κ2) is 9.85. The number of allylic oxidation sites excluding steroid dienone is 1. The monoisotopic (exact) mass is 589 g/mol. The number of carboxylic acids is 1. The molecule has 0 aromatic heterocycles. The summed E-state index contributed by atoms with van der Waals surface area (Å²) in [5.41, 5.74) is -0.804. The molecular formula is C17H14F17O3. The van der Waals surface area contributed by atoms with E-state index in [0.29, 0.717) is 0 Å². The van der Waals surface area contributed by atoms with Crippen LogP contribution in [-0.2, 0) is 9.53 Å². The van der Waals surface area contributed by atoms with Gasteiger partial charge in [-0.1, -0.05) is 6.92 Å². The molecule has 0 aliphatic rings. The summed E-state index contributed by atoms with van der Waals surface area (Å²) < 4.78 is 229. The van der Waals surface area contributed by atoms with E-state index in [9.17, 15) is 79.4 Å². The molecule has 0 spiro atoms. The molecule has 0 aromatic rings. The summed E-state index contributed by atoms with van der Waals surface area (Å²) in [5.74, 6) is -60.9. The van der Waals surface area contributed by atoms with Crippen molar-refractivity contribution >= 4 is 5.97 Å². The number of hydrogen-bond donors (Lipinski definition) is 1. The largest absolute Gasteiger partial charge is 0.497 e. The molecule has 1 atom stereocenters. The van der Waals surface area contributed by atoms with Gasteiger partial charge in [-0.25, -0.2) is 4.79 Å². The summed E-state index contributed by atoms with van der Waals surface area (Å²) in [6.07, 6.45) is -10.7. The van der Waals surface area contributed by atoms with Gasteiger partial charge in [0.2, 0.25) is 0 Å². The van der Waals surface area contributed by atoms with Gasteiger partial charge in [0.05, 0.1) is 18.6 Å². The van der Waals surface area contributed by atoms with Crippen molar-refractivity contribution in [2.75, 3.05) is 6.61 Å². The van der Waals surface area contributed by atoms with E-state index >= 15 is 0 Å². The van der Waals surface area contributed by atoms with Crippen molar-refractivity contribution in [1.29, 1.82) is 0 Å². The standard InChI is InChI=1S/C17H14F17O3/c1-6(2)8(7(3)9(35)36)37-5-4-10(18,19)11(20,21)12(22,23)13(24,25)14(26,27)15(28,29)16(30,31)17(32,33)34/h6H,1,4-5H2,2-3H3,(H,35,36). The number of carboxylic acid groups (broad SMARTS) is 1. The lowest BCUT2D eigenvalue weighted by molar-refractivity contribution is -0.461. The van der Waals surface area contributed by atoms with Crippen molar-refractivity contribution in [3.05, 3.63) is 18.3 Å². The van der Waals surface area contributed by atoms with Crippen LogP contribution in [0.4, 0.5) is 74.6 Å². The Kier molecular flexibility index (Phi) is 9.27. The first kappa shape index (κ1) is 34.8. The maximum Gasteiger partial charge on any atom is 0.460 e. The quantitative estimate of drug-likeness (QED) is 0.149. The van der Waals surface area contributed by atoms with Crippen LogP contribution in [0.3, 0.4) is 0 Å². The predicted molar refractivity (Wildman–Crippen MR) is 86.1 cm³/mol. The number of hydrogen-bond acceptors (Lipinski definition) is 2. The highest BCUT2D eigenvalue weighted by atomic mass is 19.4. The molecule has 0 heterocycles. The van der Waals surface area contributed by atoms with E-state index in [-0.39, 0.29) is 0 Å². The van der Waals surface area contributed by atoms with Crippen molar-refractivity contribution in [2.24, 2.45) is 5.92 Å². The Morgan fingerprint density at radius 2 is 1.03 bits per heavy atom. The second-order valence-electron chi connectivity index (χ2n) is 7.44. The van der Waals surface area contributed by atoms with Gasteiger partial charge >= 0.3 is 53.6 Å². The average molecular weight is 589 g/mol. The third-order valence-corrected chi connectivity index (χ3v) is 4.60. The van der Waals surface area contributed by atoms with Crippen molar-refractivity contribution < 1.29 is 89.3 Å². The number of aliphatic carboxylic acids is 1. The highest BCUT2D eigenvalue weighted by Crippen LogP contribution is 2.64. The van der Waals surface area contributed by atoms with Crippen molar-refractivity contribution in [1.82, 2.24) is 0 Å². The normalized spacial score (nSPS) is 16.1. The van der Waals surface area contributed by atoms with Crippen LogP contribution in [0.5, 0.6) is 0 Å². The molecule has 0 bridgehead atoms. The Balaban J connectivity index is 6.42. The first-order valence-corrected chi connectivity index (χ1v) is 9.01. The summed E-state index contributed by atoms with van der Waals surface area (Å²) in [6.45, 7) is 3.01. The van der Waals surface area contributed by atoms with Gasteiger partial charge < -0.3 is 9.84 Å². The average Bonchev–Trinajstić information content (AvgIpc) is 2.68. The van der Waals surface area contributed by atoms with Crippen LogP contribution in [0.2, 0.25) is 0 Å². The summed E-state index contributed by atoms with van der Waals surface area (Å²) >= 11 is 0. The number of rotatable bonds is 12. The molecule has 0 rings (SSSR count). The van der Waals surface area contributed by atoms with Crippen LogP contribution < -0.4 is 0 Å². The molecule has 0 fully saturated rings. The molecule has 0 amide bonds. The van der Waals surface area contributed by atoms with Crippen molar-refractivity contribution in [3.8, 4) is 0 Å². The summed E-state index contributed by atoms with van der Waals surface area (Å²) in [5, 5.41) is 8.76.